The molecular formula is C20H22N6O2. The van der Waals surface area contributed by atoms with Crippen molar-refractivity contribution in [3.8, 4) is 6.07 Å². The first kappa shape index (κ1) is 18.2. The highest BCUT2D eigenvalue weighted by Gasteiger charge is 2.40. The van der Waals surface area contributed by atoms with Gasteiger partial charge >= 0.3 is 6.09 Å². The number of nitriles is 1. The fraction of sp³-hybridized carbons (Fsp3) is 0.450. The van der Waals surface area contributed by atoms with Crippen molar-refractivity contribution in [1.29, 1.82) is 5.26 Å². The van der Waals surface area contributed by atoms with Crippen molar-refractivity contribution >= 4 is 17.7 Å². The predicted octanol–water partition coefficient (Wildman–Crippen LogP) is 3.40. The number of carbonyl (C=O) groups is 1. The minimum atomic E-state index is -0.308. The Morgan fingerprint density at radius 1 is 1.21 bits per heavy atom. The zero-order valence-electron chi connectivity index (χ0n) is 15.7. The number of pyridine rings is 1. The van der Waals surface area contributed by atoms with Crippen molar-refractivity contribution in [3.63, 3.8) is 0 Å². The number of rotatable bonds is 5. The van der Waals surface area contributed by atoms with E-state index in [0.717, 1.165) is 43.4 Å². The van der Waals surface area contributed by atoms with E-state index in [1.807, 2.05) is 25.4 Å². The Bertz CT molecular complexity index is 886. The number of ether oxygens (including phenoxy) is 1. The van der Waals surface area contributed by atoms with Gasteiger partial charge < -0.3 is 15.4 Å². The molecule has 2 heterocycles. The lowest BCUT2D eigenvalue weighted by atomic mass is 10.0. The molecule has 0 aliphatic heterocycles. The van der Waals surface area contributed by atoms with E-state index in [0.29, 0.717) is 17.6 Å². The monoisotopic (exact) mass is 378 g/mol. The van der Waals surface area contributed by atoms with Gasteiger partial charge in [-0.2, -0.15) is 5.26 Å². The molecule has 2 fully saturated rings. The van der Waals surface area contributed by atoms with E-state index in [4.69, 9.17) is 10.00 Å². The van der Waals surface area contributed by atoms with Crippen LogP contribution >= 0.6 is 0 Å². The Hall–Kier alpha value is -3.21. The lowest BCUT2D eigenvalue weighted by Gasteiger charge is -2.16. The molecule has 1 amide bonds. The van der Waals surface area contributed by atoms with Crippen molar-refractivity contribution < 1.29 is 9.53 Å². The Morgan fingerprint density at radius 3 is 2.64 bits per heavy atom. The zero-order valence-corrected chi connectivity index (χ0v) is 15.7. The maximum atomic E-state index is 12.0. The smallest absolute Gasteiger partial charge is 0.407 e. The van der Waals surface area contributed by atoms with Crippen LogP contribution in [-0.2, 0) is 4.74 Å². The van der Waals surface area contributed by atoms with Gasteiger partial charge in [0.25, 0.3) is 0 Å². The molecule has 4 rings (SSSR count). The molecule has 2 aromatic heterocycles. The van der Waals surface area contributed by atoms with Gasteiger partial charge in [-0.3, -0.25) is 0 Å². The first-order valence-corrected chi connectivity index (χ1v) is 9.47. The van der Waals surface area contributed by atoms with Crippen LogP contribution < -0.4 is 10.6 Å². The molecule has 28 heavy (non-hydrogen) atoms. The lowest BCUT2D eigenvalue weighted by molar-refractivity contribution is 0.0967. The standard InChI is InChI=1S/C20H22N6O2/c1-20(6-7-20)26-19(27)28-17-5-2-13(8-17)14-10-23-18(24-11-14)25-16-4-3-15(9-21)22-12-16/h3-4,10-13,17H,2,5-8H2,1H3,(H,26,27)(H,23,24,25)/t13-,17+/m1/s1. The number of aromatic nitrogens is 3. The Labute approximate surface area is 163 Å². The first-order valence-electron chi connectivity index (χ1n) is 9.47. The summed E-state index contributed by atoms with van der Waals surface area (Å²) < 4.78 is 5.57. The quantitative estimate of drug-likeness (QED) is 0.820. The van der Waals surface area contributed by atoms with Crippen molar-refractivity contribution in [2.75, 3.05) is 5.32 Å². The molecule has 0 bridgehead atoms. The lowest BCUT2D eigenvalue weighted by Crippen LogP contribution is -2.36. The molecule has 2 N–H and O–H groups in total. The van der Waals surface area contributed by atoms with E-state index < -0.39 is 0 Å². The highest BCUT2D eigenvalue weighted by atomic mass is 16.6. The SMILES string of the molecule is CC1(NC(=O)O[C@H]2CC[C@@H](c3cnc(Nc4ccc(C#N)nc4)nc3)C2)CC1. The number of hydrogen-bond donors (Lipinski definition) is 2. The number of carbonyl (C=O) groups excluding carboxylic acids is 1. The number of nitrogens with zero attached hydrogens (tertiary/aromatic N) is 4. The van der Waals surface area contributed by atoms with Gasteiger partial charge in [0.05, 0.1) is 11.9 Å². The summed E-state index contributed by atoms with van der Waals surface area (Å²) in [7, 11) is 0. The fourth-order valence-electron chi connectivity index (χ4n) is 3.37. The molecule has 0 saturated heterocycles. The summed E-state index contributed by atoms with van der Waals surface area (Å²) in [6, 6.07) is 5.37. The van der Waals surface area contributed by atoms with Crippen LogP contribution in [0.15, 0.2) is 30.7 Å². The van der Waals surface area contributed by atoms with Gasteiger partial charge in [-0.25, -0.2) is 19.7 Å². The Morgan fingerprint density at radius 2 is 2.00 bits per heavy atom. The molecule has 2 aromatic rings. The largest absolute Gasteiger partial charge is 0.446 e. The summed E-state index contributed by atoms with van der Waals surface area (Å²) >= 11 is 0. The third-order valence-electron chi connectivity index (χ3n) is 5.34. The maximum absolute atomic E-state index is 12.0. The molecular weight excluding hydrogens is 356 g/mol. The summed E-state index contributed by atoms with van der Waals surface area (Å²) in [5.74, 6) is 0.762. The molecule has 2 saturated carbocycles. The minimum absolute atomic E-state index is 0.0593. The second-order valence-electron chi connectivity index (χ2n) is 7.73. The van der Waals surface area contributed by atoms with E-state index >= 15 is 0 Å². The summed E-state index contributed by atoms with van der Waals surface area (Å²) in [6.45, 7) is 2.03. The average molecular weight is 378 g/mol. The normalized spacial score (nSPS) is 22.1. The molecule has 0 spiro atoms. The molecule has 2 atom stereocenters. The third kappa shape index (κ3) is 4.36. The van der Waals surface area contributed by atoms with Crippen molar-refractivity contribution in [1.82, 2.24) is 20.3 Å². The van der Waals surface area contributed by atoms with Gasteiger partial charge in [-0.05, 0) is 62.6 Å². The number of amides is 1. The first-order chi connectivity index (χ1) is 13.5. The van der Waals surface area contributed by atoms with Crippen molar-refractivity contribution in [2.24, 2.45) is 0 Å². The van der Waals surface area contributed by atoms with Crippen LogP contribution in [0.2, 0.25) is 0 Å². The second-order valence-corrected chi connectivity index (χ2v) is 7.73. The summed E-state index contributed by atoms with van der Waals surface area (Å²) in [5, 5.41) is 14.8. The molecule has 0 unspecified atom stereocenters. The topological polar surface area (TPSA) is 113 Å². The predicted molar refractivity (Wildman–Crippen MR) is 102 cm³/mol. The highest BCUT2D eigenvalue weighted by Crippen LogP contribution is 2.37. The number of hydrogen-bond acceptors (Lipinski definition) is 7. The number of nitrogens with one attached hydrogen (secondary N) is 2. The average Bonchev–Trinajstić information content (AvgIpc) is 3.23. The summed E-state index contributed by atoms with van der Waals surface area (Å²) in [6.07, 6.45) is 9.46. The molecule has 144 valence electrons. The van der Waals surface area contributed by atoms with Crippen LogP contribution in [-0.4, -0.2) is 32.7 Å². The molecule has 0 radical (unpaired) electrons. The van der Waals surface area contributed by atoms with E-state index in [1.54, 1.807) is 18.3 Å². The zero-order chi connectivity index (χ0) is 19.6. The highest BCUT2D eigenvalue weighted by molar-refractivity contribution is 5.69. The molecule has 2 aliphatic rings. The van der Waals surface area contributed by atoms with Crippen LogP contribution in [0.5, 0.6) is 0 Å². The van der Waals surface area contributed by atoms with Gasteiger partial charge in [0, 0.05) is 17.9 Å². The molecule has 8 heteroatoms. The second kappa shape index (κ2) is 7.43. The Balaban J connectivity index is 1.30. The van der Waals surface area contributed by atoms with Gasteiger partial charge in [0.15, 0.2) is 0 Å². The minimum Gasteiger partial charge on any atom is -0.446 e. The van der Waals surface area contributed by atoms with Crippen LogP contribution in [0.1, 0.15) is 56.2 Å². The fourth-order valence-corrected chi connectivity index (χ4v) is 3.37. The van der Waals surface area contributed by atoms with Gasteiger partial charge in [-0.15, -0.1) is 0 Å². The summed E-state index contributed by atoms with van der Waals surface area (Å²) in [4.78, 5) is 24.7. The Kier molecular flexibility index (Phi) is 4.82. The van der Waals surface area contributed by atoms with E-state index in [-0.39, 0.29) is 17.7 Å². The van der Waals surface area contributed by atoms with Gasteiger partial charge in [0.1, 0.15) is 17.9 Å². The van der Waals surface area contributed by atoms with Crippen LogP contribution in [0.25, 0.3) is 0 Å². The molecule has 2 aliphatic carbocycles. The summed E-state index contributed by atoms with van der Waals surface area (Å²) in [5.41, 5.74) is 2.07. The maximum Gasteiger partial charge on any atom is 0.407 e. The van der Waals surface area contributed by atoms with E-state index in [1.165, 1.54) is 0 Å². The number of anilines is 2. The van der Waals surface area contributed by atoms with Crippen molar-refractivity contribution in [3.05, 3.63) is 42.0 Å². The van der Waals surface area contributed by atoms with Crippen LogP contribution in [0, 0.1) is 11.3 Å². The van der Waals surface area contributed by atoms with E-state index in [9.17, 15) is 4.79 Å². The third-order valence-corrected chi connectivity index (χ3v) is 5.34. The van der Waals surface area contributed by atoms with E-state index in [2.05, 4.69) is 25.6 Å². The van der Waals surface area contributed by atoms with Gasteiger partial charge in [-0.1, -0.05) is 0 Å². The number of alkyl carbamates (subject to hydrolysis) is 1. The van der Waals surface area contributed by atoms with Crippen molar-refractivity contribution in [2.45, 2.75) is 56.6 Å². The van der Waals surface area contributed by atoms with Crippen LogP contribution in [0.3, 0.4) is 0 Å². The van der Waals surface area contributed by atoms with Crippen LogP contribution in [0.4, 0.5) is 16.4 Å². The molecule has 8 nitrogen and oxygen atoms in total. The molecule has 0 aromatic carbocycles. The van der Waals surface area contributed by atoms with Gasteiger partial charge in [0.2, 0.25) is 5.95 Å².